The zero-order valence-electron chi connectivity index (χ0n) is 11.0. The second-order valence-corrected chi connectivity index (χ2v) is 5.58. The van der Waals surface area contributed by atoms with Crippen LogP contribution in [0.15, 0.2) is 39.9 Å². The van der Waals surface area contributed by atoms with E-state index >= 15 is 0 Å². The molecule has 0 unspecified atom stereocenters. The summed E-state index contributed by atoms with van der Waals surface area (Å²) in [7, 11) is 0. The second-order valence-electron chi connectivity index (χ2n) is 5.20. The summed E-state index contributed by atoms with van der Waals surface area (Å²) in [5, 5.41) is 0. The highest BCUT2D eigenvalue weighted by Gasteiger charge is 2.20. The molecule has 0 bridgehead atoms. The number of nitrogens with one attached hydrogen (secondary N) is 1. The number of H-pyrrole nitrogens is 1. The summed E-state index contributed by atoms with van der Waals surface area (Å²) in [6, 6.07) is 9.00. The fourth-order valence-corrected chi connectivity index (χ4v) is 2.14. The first kappa shape index (κ1) is 13.5. The lowest BCUT2D eigenvalue weighted by Gasteiger charge is -2.21. The quantitative estimate of drug-likeness (QED) is 0.809. The van der Waals surface area contributed by atoms with E-state index in [2.05, 4.69) is 4.98 Å². The summed E-state index contributed by atoms with van der Waals surface area (Å²) < 4.78 is 2.58. The van der Waals surface area contributed by atoms with E-state index in [9.17, 15) is 9.59 Å². The first-order chi connectivity index (χ1) is 8.82. The second kappa shape index (κ2) is 4.62. The molecule has 0 saturated carbocycles. The molecule has 0 aliphatic heterocycles. The van der Waals surface area contributed by atoms with Gasteiger partial charge in [-0.2, -0.15) is 0 Å². The van der Waals surface area contributed by atoms with Gasteiger partial charge in [0.05, 0.1) is 5.69 Å². The predicted molar refractivity (Wildman–Crippen MR) is 76.5 cm³/mol. The van der Waals surface area contributed by atoms with E-state index in [-0.39, 0.29) is 4.77 Å². The maximum atomic E-state index is 12.5. The van der Waals surface area contributed by atoms with E-state index in [1.807, 2.05) is 18.2 Å². The van der Waals surface area contributed by atoms with Crippen LogP contribution in [-0.2, 0) is 5.54 Å². The summed E-state index contributed by atoms with van der Waals surface area (Å²) in [6.07, 6.45) is 0. The fraction of sp³-hybridized carbons (Fsp3) is 0.308. The van der Waals surface area contributed by atoms with Gasteiger partial charge in [0.25, 0.3) is 0 Å². The largest absolute Gasteiger partial charge is 0.339 e. The van der Waals surface area contributed by atoms with E-state index in [0.29, 0.717) is 5.69 Å². The predicted octanol–water partition coefficient (Wildman–Crippen LogP) is 1.81. The molecule has 0 atom stereocenters. The van der Waals surface area contributed by atoms with Gasteiger partial charge in [-0.25, -0.2) is 18.7 Å². The summed E-state index contributed by atoms with van der Waals surface area (Å²) in [5.74, 6) is 0. The molecule has 2 rings (SSSR count). The highest BCUT2D eigenvalue weighted by Crippen LogP contribution is 2.08. The number of hydrogen-bond donors (Lipinski definition) is 1. The molecule has 0 radical (unpaired) electrons. The average Bonchev–Trinajstić information content (AvgIpc) is 2.27. The molecule has 0 fully saturated rings. The molecule has 1 heterocycles. The van der Waals surface area contributed by atoms with E-state index in [1.165, 1.54) is 4.57 Å². The maximum Gasteiger partial charge on any atom is 0.339 e. The summed E-state index contributed by atoms with van der Waals surface area (Å²) in [6.45, 7) is 5.38. The third-order valence-electron chi connectivity index (χ3n) is 2.69. The highest BCUT2D eigenvalue weighted by molar-refractivity contribution is 7.71. The molecule has 0 saturated heterocycles. The van der Waals surface area contributed by atoms with Crippen molar-refractivity contribution in [2.24, 2.45) is 0 Å². The van der Waals surface area contributed by atoms with Gasteiger partial charge in [-0.1, -0.05) is 18.2 Å². The number of hydrogen-bond acceptors (Lipinski definition) is 3. The molecule has 0 aliphatic carbocycles. The number of aromatic amines is 1. The van der Waals surface area contributed by atoms with E-state index in [0.717, 1.165) is 4.57 Å². The molecule has 0 aliphatic rings. The number of benzene rings is 1. The van der Waals surface area contributed by atoms with Crippen LogP contribution in [0.25, 0.3) is 5.69 Å². The van der Waals surface area contributed by atoms with Crippen LogP contribution in [0.5, 0.6) is 0 Å². The molecule has 2 aromatic rings. The van der Waals surface area contributed by atoms with Crippen molar-refractivity contribution in [1.82, 2.24) is 14.1 Å². The summed E-state index contributed by atoms with van der Waals surface area (Å²) in [4.78, 5) is 27.0. The zero-order chi connectivity index (χ0) is 14.2. The van der Waals surface area contributed by atoms with Crippen molar-refractivity contribution in [1.29, 1.82) is 0 Å². The van der Waals surface area contributed by atoms with Gasteiger partial charge in [-0.3, -0.25) is 4.98 Å². The molecular formula is C13H15N3O2S. The van der Waals surface area contributed by atoms with Crippen LogP contribution in [0.1, 0.15) is 20.8 Å². The van der Waals surface area contributed by atoms with Crippen molar-refractivity contribution < 1.29 is 0 Å². The van der Waals surface area contributed by atoms with Gasteiger partial charge in [0.15, 0.2) is 4.77 Å². The fourth-order valence-electron chi connectivity index (χ4n) is 1.87. The van der Waals surface area contributed by atoms with E-state index in [1.54, 1.807) is 32.9 Å². The Kier molecular flexibility index (Phi) is 3.28. The monoisotopic (exact) mass is 277 g/mol. The van der Waals surface area contributed by atoms with Crippen molar-refractivity contribution >= 4 is 12.2 Å². The standard InChI is InChI=1S/C13H15N3O2S/c1-13(2,3)16-10(17)14-11(19)15(12(16)18)9-7-5-4-6-8-9/h4-8H,1-3H3,(H,14,17,19). The van der Waals surface area contributed by atoms with E-state index in [4.69, 9.17) is 12.2 Å². The SMILES string of the molecule is CC(C)(C)n1c(=O)[nH]c(=S)n(-c2ccccc2)c1=O. The highest BCUT2D eigenvalue weighted by atomic mass is 32.1. The van der Waals surface area contributed by atoms with Crippen molar-refractivity contribution in [3.05, 3.63) is 56.1 Å². The number of rotatable bonds is 1. The van der Waals surface area contributed by atoms with Crippen LogP contribution in [0.4, 0.5) is 0 Å². The van der Waals surface area contributed by atoms with Crippen LogP contribution in [0.2, 0.25) is 0 Å². The molecule has 100 valence electrons. The van der Waals surface area contributed by atoms with Crippen LogP contribution in [0.3, 0.4) is 0 Å². The minimum absolute atomic E-state index is 0.0988. The Morgan fingerprint density at radius 1 is 1.11 bits per heavy atom. The topological polar surface area (TPSA) is 59.8 Å². The number of para-hydroxylation sites is 1. The summed E-state index contributed by atoms with van der Waals surface area (Å²) in [5.41, 5.74) is -0.918. The molecular weight excluding hydrogens is 262 g/mol. The van der Waals surface area contributed by atoms with Crippen molar-refractivity contribution in [3.8, 4) is 5.69 Å². The molecule has 1 aromatic heterocycles. The lowest BCUT2D eigenvalue weighted by atomic mass is 10.1. The molecule has 19 heavy (non-hydrogen) atoms. The van der Waals surface area contributed by atoms with Crippen LogP contribution >= 0.6 is 12.2 Å². The lowest BCUT2D eigenvalue weighted by Crippen LogP contribution is -2.48. The molecule has 0 amide bonds. The lowest BCUT2D eigenvalue weighted by molar-refractivity contribution is 0.352. The van der Waals surface area contributed by atoms with Crippen LogP contribution in [-0.4, -0.2) is 14.1 Å². The Morgan fingerprint density at radius 3 is 2.21 bits per heavy atom. The van der Waals surface area contributed by atoms with Gasteiger partial charge in [0.1, 0.15) is 0 Å². The Morgan fingerprint density at radius 2 is 1.68 bits per heavy atom. The van der Waals surface area contributed by atoms with Gasteiger partial charge in [0, 0.05) is 5.54 Å². The minimum atomic E-state index is -0.621. The first-order valence-electron chi connectivity index (χ1n) is 5.86. The Hall–Kier alpha value is -1.95. The Labute approximate surface area is 115 Å². The number of nitrogens with zero attached hydrogens (tertiary/aromatic N) is 2. The maximum absolute atomic E-state index is 12.5. The summed E-state index contributed by atoms with van der Waals surface area (Å²) >= 11 is 5.09. The smallest absolute Gasteiger partial charge is 0.283 e. The Bertz CT molecular complexity index is 763. The van der Waals surface area contributed by atoms with Crippen molar-refractivity contribution in [2.75, 3.05) is 0 Å². The number of aromatic nitrogens is 3. The van der Waals surface area contributed by atoms with Crippen LogP contribution < -0.4 is 11.4 Å². The molecule has 1 N–H and O–H groups in total. The first-order valence-corrected chi connectivity index (χ1v) is 6.27. The normalized spacial score (nSPS) is 11.5. The Balaban J connectivity index is 2.89. The molecule has 0 spiro atoms. The van der Waals surface area contributed by atoms with E-state index < -0.39 is 16.9 Å². The molecule has 6 heteroatoms. The van der Waals surface area contributed by atoms with Gasteiger partial charge in [-0.15, -0.1) is 0 Å². The third-order valence-corrected chi connectivity index (χ3v) is 2.97. The third kappa shape index (κ3) is 2.44. The minimum Gasteiger partial charge on any atom is -0.283 e. The van der Waals surface area contributed by atoms with Gasteiger partial charge in [-0.05, 0) is 45.1 Å². The van der Waals surface area contributed by atoms with Gasteiger partial charge < -0.3 is 0 Å². The zero-order valence-corrected chi connectivity index (χ0v) is 11.8. The van der Waals surface area contributed by atoms with Crippen molar-refractivity contribution in [3.63, 3.8) is 0 Å². The molecule has 1 aromatic carbocycles. The van der Waals surface area contributed by atoms with Gasteiger partial charge in [0.2, 0.25) is 0 Å². The van der Waals surface area contributed by atoms with Crippen molar-refractivity contribution in [2.45, 2.75) is 26.3 Å². The van der Waals surface area contributed by atoms with Crippen LogP contribution in [0, 0.1) is 4.77 Å². The average molecular weight is 277 g/mol. The molecule has 5 nitrogen and oxygen atoms in total. The van der Waals surface area contributed by atoms with Gasteiger partial charge >= 0.3 is 11.4 Å².